The van der Waals surface area contributed by atoms with Gasteiger partial charge in [0, 0.05) is 34.2 Å². The van der Waals surface area contributed by atoms with Crippen LogP contribution in [0.3, 0.4) is 0 Å². The molecule has 0 aliphatic carbocycles. The molecule has 2 heterocycles. The number of amides is 1. The summed E-state index contributed by atoms with van der Waals surface area (Å²) >= 11 is 5.86. The van der Waals surface area contributed by atoms with Crippen molar-refractivity contribution in [1.29, 1.82) is 0 Å². The Labute approximate surface area is 153 Å². The lowest BCUT2D eigenvalue weighted by Gasteiger charge is -2.08. The van der Waals surface area contributed by atoms with Gasteiger partial charge in [0.25, 0.3) is 5.91 Å². The molecule has 4 rings (SSSR count). The number of rotatable bonds is 4. The van der Waals surface area contributed by atoms with Gasteiger partial charge in [-0.05, 0) is 29.8 Å². The summed E-state index contributed by atoms with van der Waals surface area (Å²) in [7, 11) is 0. The van der Waals surface area contributed by atoms with Gasteiger partial charge < -0.3 is 14.8 Å². The Morgan fingerprint density at radius 2 is 1.92 bits per heavy atom. The van der Waals surface area contributed by atoms with Crippen molar-refractivity contribution in [2.45, 2.75) is 13.2 Å². The van der Waals surface area contributed by atoms with Gasteiger partial charge in [-0.3, -0.25) is 9.59 Å². The van der Waals surface area contributed by atoms with Gasteiger partial charge in [-0.1, -0.05) is 35.9 Å². The van der Waals surface area contributed by atoms with Crippen LogP contribution in [0, 0.1) is 0 Å². The van der Waals surface area contributed by atoms with Crippen molar-refractivity contribution >= 4 is 33.8 Å². The van der Waals surface area contributed by atoms with Crippen molar-refractivity contribution in [3.63, 3.8) is 0 Å². The van der Waals surface area contributed by atoms with Gasteiger partial charge in [-0.25, -0.2) is 0 Å². The normalized spacial score (nSPS) is 11.3. The van der Waals surface area contributed by atoms with E-state index in [0.29, 0.717) is 16.1 Å². The number of halogens is 1. The number of aromatic nitrogens is 1. The molecule has 2 aromatic heterocycles. The lowest BCUT2D eigenvalue weighted by molar-refractivity contribution is 0.0949. The summed E-state index contributed by atoms with van der Waals surface area (Å²) < 4.78 is 1.71. The Balaban J connectivity index is 1.73. The predicted octanol–water partition coefficient (Wildman–Crippen LogP) is 2.97. The Hall–Kier alpha value is -2.89. The third kappa shape index (κ3) is 2.71. The maximum Gasteiger partial charge on any atom is 0.257 e. The van der Waals surface area contributed by atoms with Gasteiger partial charge in [0.1, 0.15) is 5.56 Å². The van der Waals surface area contributed by atoms with E-state index < -0.39 is 5.91 Å². The number of nitrogens with one attached hydrogen (secondary N) is 1. The van der Waals surface area contributed by atoms with Crippen LogP contribution in [0.2, 0.25) is 5.02 Å². The lowest BCUT2D eigenvalue weighted by atomic mass is 10.1. The number of nitrogens with zero attached hydrogens (tertiary/aromatic N) is 1. The van der Waals surface area contributed by atoms with Gasteiger partial charge in [-0.15, -0.1) is 0 Å². The highest BCUT2D eigenvalue weighted by molar-refractivity contribution is 6.30. The van der Waals surface area contributed by atoms with Crippen molar-refractivity contribution < 1.29 is 9.90 Å². The Kier molecular flexibility index (Phi) is 4.11. The molecule has 0 spiro atoms. The van der Waals surface area contributed by atoms with Crippen LogP contribution < -0.4 is 10.7 Å². The zero-order chi connectivity index (χ0) is 18.3. The highest BCUT2D eigenvalue weighted by Crippen LogP contribution is 2.23. The molecule has 130 valence electrons. The molecule has 0 aliphatic heterocycles. The average molecular weight is 367 g/mol. The quantitative estimate of drug-likeness (QED) is 0.583. The number of benzene rings is 2. The van der Waals surface area contributed by atoms with Crippen molar-refractivity contribution in [1.82, 2.24) is 9.72 Å². The maximum absolute atomic E-state index is 12.8. The topological polar surface area (TPSA) is 70.8 Å². The molecule has 0 saturated carbocycles. The first-order valence-electron chi connectivity index (χ1n) is 8.11. The molecule has 1 amide bonds. The Morgan fingerprint density at radius 1 is 1.15 bits per heavy atom. The smallest absolute Gasteiger partial charge is 0.257 e. The highest BCUT2D eigenvalue weighted by Gasteiger charge is 2.18. The number of hydrogen-bond donors (Lipinski definition) is 2. The van der Waals surface area contributed by atoms with Gasteiger partial charge in [0.2, 0.25) is 5.43 Å². The molecule has 0 bridgehead atoms. The highest BCUT2D eigenvalue weighted by atomic mass is 35.5. The summed E-state index contributed by atoms with van der Waals surface area (Å²) in [4.78, 5) is 25.4. The van der Waals surface area contributed by atoms with E-state index in [0.717, 1.165) is 16.5 Å². The minimum atomic E-state index is -0.454. The predicted molar refractivity (Wildman–Crippen MR) is 101 cm³/mol. The van der Waals surface area contributed by atoms with Crippen molar-refractivity contribution in [3.8, 4) is 0 Å². The minimum Gasteiger partial charge on any atom is -0.390 e. The first-order valence-corrected chi connectivity index (χ1v) is 8.49. The van der Waals surface area contributed by atoms with E-state index in [1.807, 2.05) is 24.3 Å². The standard InChI is InChI=1S/C20H15ClN2O3/c21-14-6-4-12(5-7-14)9-22-20(26)17-10-23-15(11-24)8-13-2-1-3-16(18(13)23)19(17)25/h1-8,10,24H,9,11H2,(H,22,26). The van der Waals surface area contributed by atoms with Crippen LogP contribution in [0.25, 0.3) is 16.3 Å². The van der Waals surface area contributed by atoms with E-state index in [2.05, 4.69) is 5.32 Å². The second-order valence-corrected chi connectivity index (χ2v) is 6.52. The number of aliphatic hydroxyl groups is 1. The van der Waals surface area contributed by atoms with Gasteiger partial charge in [-0.2, -0.15) is 0 Å². The van der Waals surface area contributed by atoms with Crippen LogP contribution in [0.15, 0.2) is 59.5 Å². The van der Waals surface area contributed by atoms with Gasteiger partial charge in [0.05, 0.1) is 12.1 Å². The fourth-order valence-electron chi connectivity index (χ4n) is 3.17. The fourth-order valence-corrected chi connectivity index (χ4v) is 3.29. The lowest BCUT2D eigenvalue weighted by Crippen LogP contribution is -2.29. The second-order valence-electron chi connectivity index (χ2n) is 6.09. The zero-order valence-corrected chi connectivity index (χ0v) is 14.5. The van der Waals surface area contributed by atoms with Crippen LogP contribution in [0.5, 0.6) is 0 Å². The summed E-state index contributed by atoms with van der Waals surface area (Å²) in [5.74, 6) is -0.454. The SMILES string of the molecule is O=C(NCc1ccc(Cl)cc1)c1cn2c(CO)cc3cccc(c1=O)c32. The van der Waals surface area contributed by atoms with E-state index in [1.165, 1.54) is 6.20 Å². The van der Waals surface area contributed by atoms with Crippen LogP contribution in [0.4, 0.5) is 0 Å². The Morgan fingerprint density at radius 3 is 2.65 bits per heavy atom. The maximum atomic E-state index is 12.8. The van der Waals surface area contributed by atoms with Crippen LogP contribution >= 0.6 is 11.6 Å². The molecule has 0 aliphatic rings. The van der Waals surface area contributed by atoms with E-state index >= 15 is 0 Å². The van der Waals surface area contributed by atoms with Crippen molar-refractivity contribution in [2.75, 3.05) is 0 Å². The Bertz CT molecular complexity index is 1170. The number of aliphatic hydroxyl groups excluding tert-OH is 1. The van der Waals surface area contributed by atoms with Crippen molar-refractivity contribution in [2.24, 2.45) is 0 Å². The first kappa shape index (κ1) is 16.6. The zero-order valence-electron chi connectivity index (χ0n) is 13.7. The summed E-state index contributed by atoms with van der Waals surface area (Å²) in [6, 6.07) is 14.3. The molecule has 0 unspecified atom stereocenters. The summed E-state index contributed by atoms with van der Waals surface area (Å²) in [5, 5.41) is 14.3. The molecule has 0 saturated heterocycles. The molecule has 2 N–H and O–H groups in total. The van der Waals surface area contributed by atoms with Gasteiger partial charge in [0.15, 0.2) is 0 Å². The minimum absolute atomic E-state index is 0.0462. The number of carbonyl (C=O) groups is 1. The van der Waals surface area contributed by atoms with Crippen molar-refractivity contribution in [3.05, 3.63) is 86.8 Å². The molecule has 0 fully saturated rings. The molecule has 4 aromatic rings. The van der Waals surface area contributed by atoms with Crippen LogP contribution in [-0.4, -0.2) is 15.4 Å². The molecule has 0 radical (unpaired) electrons. The van der Waals surface area contributed by atoms with E-state index in [-0.39, 0.29) is 24.1 Å². The number of pyridine rings is 1. The number of para-hydroxylation sites is 1. The van der Waals surface area contributed by atoms with E-state index in [9.17, 15) is 14.7 Å². The van der Waals surface area contributed by atoms with Gasteiger partial charge >= 0.3 is 0 Å². The monoisotopic (exact) mass is 366 g/mol. The summed E-state index contributed by atoms with van der Waals surface area (Å²) in [6.45, 7) is 0.106. The average Bonchev–Trinajstić information content (AvgIpc) is 3.02. The van der Waals surface area contributed by atoms with E-state index in [1.54, 1.807) is 28.7 Å². The summed E-state index contributed by atoms with van der Waals surface area (Å²) in [5.41, 5.74) is 1.95. The third-order valence-electron chi connectivity index (χ3n) is 4.46. The van der Waals surface area contributed by atoms with Crippen LogP contribution in [-0.2, 0) is 13.2 Å². The fraction of sp³-hybridized carbons (Fsp3) is 0.100. The molecular formula is C20H15ClN2O3. The molecule has 5 nitrogen and oxygen atoms in total. The molecular weight excluding hydrogens is 352 g/mol. The summed E-state index contributed by atoms with van der Waals surface area (Å²) in [6.07, 6.45) is 1.50. The molecule has 26 heavy (non-hydrogen) atoms. The first-order chi connectivity index (χ1) is 12.6. The van der Waals surface area contributed by atoms with Crippen LogP contribution in [0.1, 0.15) is 21.6 Å². The number of carbonyl (C=O) groups excluding carboxylic acids is 1. The van der Waals surface area contributed by atoms with E-state index in [4.69, 9.17) is 11.6 Å². The molecule has 2 aromatic carbocycles. The largest absolute Gasteiger partial charge is 0.390 e. The number of hydrogen-bond acceptors (Lipinski definition) is 3. The second kappa shape index (κ2) is 6.44. The third-order valence-corrected chi connectivity index (χ3v) is 4.71. The molecule has 0 atom stereocenters. The molecule has 6 heteroatoms.